The molecule has 2 heterocycles. The van der Waals surface area contributed by atoms with Crippen LogP contribution in [0.4, 0.5) is 0 Å². The van der Waals surface area contributed by atoms with E-state index in [-0.39, 0.29) is 16.2 Å². The van der Waals surface area contributed by atoms with Crippen molar-refractivity contribution < 1.29 is 9.30 Å². The number of rotatable bonds is 3. The number of nitrogens with zero attached hydrogens (tertiary/aromatic N) is 1. The van der Waals surface area contributed by atoms with Crippen LogP contribution in [0.5, 0.6) is 11.5 Å². The third kappa shape index (κ3) is 5.19. The summed E-state index contributed by atoms with van der Waals surface area (Å²) in [6, 6.07) is 18.7. The molecule has 5 aromatic rings. The Kier molecular flexibility index (Phi) is 6.54. The van der Waals surface area contributed by atoms with Gasteiger partial charge in [0, 0.05) is 17.0 Å². The Bertz CT molecular complexity index is 1890. The van der Waals surface area contributed by atoms with Crippen molar-refractivity contribution in [2.24, 2.45) is 23.3 Å². The van der Waals surface area contributed by atoms with Crippen LogP contribution in [-0.2, 0) is 26.3 Å². The average Bonchev–Trinajstić information content (AvgIpc) is 2.85. The maximum Gasteiger partial charge on any atom is 0.228 e. The summed E-state index contributed by atoms with van der Waals surface area (Å²) < 4.78 is 9.43. The van der Waals surface area contributed by atoms with E-state index >= 15 is 0 Å². The average molecular weight is 559 g/mol. The second kappa shape index (κ2) is 9.56. The SMILES string of the molecule is Cc1c2c(c(CC(C)(C)C)c3ccc(CC(C)(C)C)cc13)Oc1cc3cc(CC(C)(C)C)ccc3c3cc[n+](C)c-2c13. The normalized spacial score (nSPS) is 13.6. The molecular weight excluding hydrogens is 510 g/mol. The summed E-state index contributed by atoms with van der Waals surface area (Å²) in [6.45, 7) is 23.2. The van der Waals surface area contributed by atoms with Crippen molar-refractivity contribution in [1.82, 2.24) is 0 Å². The molecule has 1 aromatic heterocycles. The number of pyridine rings is 1. The Labute approximate surface area is 252 Å². The molecule has 2 heteroatoms. The second-order valence-electron chi connectivity index (χ2n) is 16.5. The minimum absolute atomic E-state index is 0.114. The van der Waals surface area contributed by atoms with E-state index in [2.05, 4.69) is 136 Å². The van der Waals surface area contributed by atoms with Crippen LogP contribution in [-0.4, -0.2) is 0 Å². The molecule has 0 fully saturated rings. The van der Waals surface area contributed by atoms with E-state index in [1.54, 1.807) is 0 Å². The van der Waals surface area contributed by atoms with E-state index in [0.29, 0.717) is 0 Å². The summed E-state index contributed by atoms with van der Waals surface area (Å²) in [6.07, 6.45) is 5.29. The number of fused-ring (bicyclic) bond motifs is 5. The maximum atomic E-state index is 7.12. The molecule has 42 heavy (non-hydrogen) atoms. The van der Waals surface area contributed by atoms with Crippen LogP contribution in [0.2, 0.25) is 0 Å². The van der Waals surface area contributed by atoms with Crippen LogP contribution in [0.3, 0.4) is 0 Å². The number of aromatic nitrogens is 1. The van der Waals surface area contributed by atoms with E-state index in [9.17, 15) is 0 Å². The van der Waals surface area contributed by atoms with Crippen LogP contribution in [0, 0.1) is 23.2 Å². The molecule has 1 aliphatic heterocycles. The van der Waals surface area contributed by atoms with Gasteiger partial charge in [0.15, 0.2) is 6.20 Å². The highest BCUT2D eigenvalue weighted by atomic mass is 16.5. The lowest BCUT2D eigenvalue weighted by Crippen LogP contribution is -2.32. The predicted molar refractivity (Wildman–Crippen MR) is 180 cm³/mol. The molecule has 2 nitrogen and oxygen atoms in total. The van der Waals surface area contributed by atoms with Crippen LogP contribution >= 0.6 is 0 Å². The maximum absolute atomic E-state index is 7.12. The van der Waals surface area contributed by atoms with E-state index < -0.39 is 0 Å². The first-order valence-corrected chi connectivity index (χ1v) is 15.6. The molecule has 0 unspecified atom stereocenters. The molecule has 0 amide bonds. The van der Waals surface area contributed by atoms with Crippen molar-refractivity contribution in [2.75, 3.05) is 0 Å². The summed E-state index contributed by atoms with van der Waals surface area (Å²) >= 11 is 0. The van der Waals surface area contributed by atoms with Gasteiger partial charge in [0.05, 0.1) is 10.9 Å². The highest BCUT2D eigenvalue weighted by molar-refractivity contribution is 6.16. The van der Waals surface area contributed by atoms with Gasteiger partial charge >= 0.3 is 0 Å². The Morgan fingerprint density at radius 1 is 0.643 bits per heavy atom. The largest absolute Gasteiger partial charge is 0.455 e. The monoisotopic (exact) mass is 558 g/mol. The van der Waals surface area contributed by atoms with Gasteiger partial charge in [0.1, 0.15) is 18.5 Å². The Morgan fingerprint density at radius 3 is 1.86 bits per heavy atom. The van der Waals surface area contributed by atoms with Gasteiger partial charge in [-0.2, -0.15) is 0 Å². The fraction of sp³-hybridized carbons (Fsp3) is 0.425. The zero-order chi connectivity index (χ0) is 30.4. The lowest BCUT2D eigenvalue weighted by Gasteiger charge is -2.29. The molecule has 218 valence electrons. The molecule has 6 rings (SSSR count). The topological polar surface area (TPSA) is 13.1 Å². The smallest absolute Gasteiger partial charge is 0.228 e. The van der Waals surface area contributed by atoms with Crippen molar-refractivity contribution >= 4 is 32.3 Å². The van der Waals surface area contributed by atoms with Gasteiger partial charge in [0.2, 0.25) is 5.69 Å². The van der Waals surface area contributed by atoms with Crippen molar-refractivity contribution in [1.29, 1.82) is 0 Å². The van der Waals surface area contributed by atoms with Gasteiger partial charge < -0.3 is 4.74 Å². The number of aryl methyl sites for hydroxylation is 2. The summed E-state index contributed by atoms with van der Waals surface area (Å²) in [4.78, 5) is 0. The Hall–Kier alpha value is -3.39. The molecule has 0 N–H and O–H groups in total. The molecule has 1 aliphatic rings. The van der Waals surface area contributed by atoms with E-state index in [1.165, 1.54) is 65.8 Å². The molecule has 0 saturated heterocycles. The number of hydrogen-bond donors (Lipinski definition) is 0. The highest BCUT2D eigenvalue weighted by Gasteiger charge is 2.34. The van der Waals surface area contributed by atoms with E-state index in [1.807, 2.05) is 0 Å². The third-order valence-corrected chi connectivity index (χ3v) is 8.58. The number of ether oxygens (including phenoxy) is 1. The second-order valence-corrected chi connectivity index (χ2v) is 16.5. The van der Waals surface area contributed by atoms with Gasteiger partial charge in [-0.3, -0.25) is 0 Å². The molecule has 4 aromatic carbocycles. The first-order valence-electron chi connectivity index (χ1n) is 15.6. The lowest BCUT2D eigenvalue weighted by molar-refractivity contribution is -0.659. The first kappa shape index (κ1) is 28.7. The zero-order valence-corrected chi connectivity index (χ0v) is 27.7. The Balaban J connectivity index is 1.68. The van der Waals surface area contributed by atoms with E-state index in [4.69, 9.17) is 4.74 Å². The summed E-state index contributed by atoms with van der Waals surface area (Å²) in [5.74, 6) is 2.02. The fourth-order valence-corrected chi connectivity index (χ4v) is 7.10. The van der Waals surface area contributed by atoms with Crippen molar-refractivity contribution in [2.45, 2.75) is 88.5 Å². The summed E-state index contributed by atoms with van der Waals surface area (Å²) in [5.41, 5.74) is 8.51. The number of hydrogen-bond acceptors (Lipinski definition) is 1. The molecule has 0 radical (unpaired) electrons. The molecule has 0 atom stereocenters. The Morgan fingerprint density at radius 2 is 1.24 bits per heavy atom. The number of benzene rings is 4. The molecule has 0 bridgehead atoms. The minimum atomic E-state index is 0.114. The third-order valence-electron chi connectivity index (χ3n) is 8.58. The predicted octanol–water partition coefficient (Wildman–Crippen LogP) is 10.8. The van der Waals surface area contributed by atoms with Gasteiger partial charge in [-0.1, -0.05) is 98.7 Å². The standard InChI is InChI=1S/C40H48NO/c1-24-31-19-26(22-39(5,6)7)13-15-29(31)32(23-40(8,9)10)37-34(24)36-35-30(16-17-41(36)11)28-14-12-25(21-38(2,3)4)18-27(28)20-33(35)42-37/h12-20H,21-23H2,1-11H3/q+1. The van der Waals surface area contributed by atoms with Crippen molar-refractivity contribution in [3.63, 3.8) is 0 Å². The first-order chi connectivity index (χ1) is 19.5. The highest BCUT2D eigenvalue weighted by Crippen LogP contribution is 2.53. The molecule has 0 spiro atoms. The van der Waals surface area contributed by atoms with Gasteiger partial charge in [-0.05, 0) is 86.7 Å². The van der Waals surface area contributed by atoms with Gasteiger partial charge in [-0.15, -0.1) is 0 Å². The minimum Gasteiger partial charge on any atom is -0.455 e. The summed E-state index contributed by atoms with van der Waals surface area (Å²) in [7, 11) is 2.19. The van der Waals surface area contributed by atoms with Gasteiger partial charge in [-0.25, -0.2) is 4.57 Å². The zero-order valence-electron chi connectivity index (χ0n) is 27.7. The fourth-order valence-electron chi connectivity index (χ4n) is 7.10. The summed E-state index contributed by atoms with van der Waals surface area (Å²) in [5, 5.41) is 7.71. The van der Waals surface area contributed by atoms with Crippen LogP contribution < -0.4 is 9.30 Å². The van der Waals surface area contributed by atoms with Crippen LogP contribution in [0.25, 0.3) is 43.6 Å². The van der Waals surface area contributed by atoms with Crippen molar-refractivity contribution in [3.05, 3.63) is 77.0 Å². The van der Waals surface area contributed by atoms with Crippen molar-refractivity contribution in [3.8, 4) is 22.8 Å². The van der Waals surface area contributed by atoms with Crippen LogP contribution in [0.1, 0.15) is 84.6 Å². The lowest BCUT2D eigenvalue weighted by atomic mass is 9.80. The van der Waals surface area contributed by atoms with Crippen LogP contribution in [0.15, 0.2) is 54.7 Å². The molecule has 0 aliphatic carbocycles. The van der Waals surface area contributed by atoms with Gasteiger partial charge in [0.25, 0.3) is 0 Å². The molecular formula is C40H48NO+. The molecule has 0 saturated carbocycles. The van der Waals surface area contributed by atoms with E-state index in [0.717, 1.165) is 30.8 Å². The quantitative estimate of drug-likeness (QED) is 0.155.